The Kier molecular flexibility index (Phi) is 5.34. The van der Waals surface area contributed by atoms with E-state index in [4.69, 9.17) is 0 Å². The van der Waals surface area contributed by atoms with E-state index in [1.54, 1.807) is 18.6 Å². The number of hydrogen-bond donors (Lipinski definition) is 4. The molecule has 4 rings (SSSR count). The summed E-state index contributed by atoms with van der Waals surface area (Å²) in [6, 6.07) is -0.557. The maximum absolute atomic E-state index is 12.5. The van der Waals surface area contributed by atoms with Crippen LogP contribution < -0.4 is 10.6 Å². The zero-order chi connectivity index (χ0) is 19.5. The van der Waals surface area contributed by atoms with Gasteiger partial charge in [0, 0.05) is 30.7 Å². The fourth-order valence-corrected chi connectivity index (χ4v) is 4.06. The summed E-state index contributed by atoms with van der Waals surface area (Å²) in [5.74, 6) is -1.70. The van der Waals surface area contributed by atoms with Gasteiger partial charge in [-0.1, -0.05) is 19.3 Å². The van der Waals surface area contributed by atoms with E-state index in [1.807, 2.05) is 0 Å². The molecule has 3 heterocycles. The first-order valence-corrected chi connectivity index (χ1v) is 9.70. The number of rotatable bonds is 5. The molecule has 2 aliphatic rings. The lowest BCUT2D eigenvalue weighted by Crippen LogP contribution is -2.37. The van der Waals surface area contributed by atoms with Gasteiger partial charge in [0.1, 0.15) is 5.92 Å². The van der Waals surface area contributed by atoms with E-state index >= 15 is 0 Å². The Labute approximate surface area is 162 Å². The molecule has 1 saturated heterocycles. The Morgan fingerprint density at radius 2 is 1.93 bits per heavy atom. The molecule has 3 unspecified atom stereocenters. The number of aromatic nitrogens is 4. The second kappa shape index (κ2) is 8.05. The van der Waals surface area contributed by atoms with Crippen molar-refractivity contribution in [2.45, 2.75) is 56.6 Å². The van der Waals surface area contributed by atoms with Crippen LogP contribution in [0.25, 0.3) is 0 Å². The van der Waals surface area contributed by atoms with Crippen LogP contribution >= 0.6 is 0 Å². The summed E-state index contributed by atoms with van der Waals surface area (Å²) in [5.41, 5.74) is 1.85. The maximum Gasteiger partial charge on any atom is 0.242 e. The van der Waals surface area contributed by atoms with Gasteiger partial charge >= 0.3 is 0 Å². The molecular weight excluding hydrogens is 360 g/mol. The molecule has 1 saturated carbocycles. The maximum atomic E-state index is 12.5. The third-order valence-electron chi connectivity index (χ3n) is 5.62. The number of imidazole rings is 1. The van der Waals surface area contributed by atoms with Crippen LogP contribution in [0.15, 0.2) is 24.9 Å². The molecule has 2 amide bonds. The van der Waals surface area contributed by atoms with Gasteiger partial charge in [0.25, 0.3) is 0 Å². The average molecular weight is 384 g/mol. The number of aliphatic hydroxyl groups excluding tert-OH is 1. The number of carbonyl (C=O) groups excluding carboxylic acids is 2. The van der Waals surface area contributed by atoms with Crippen molar-refractivity contribution in [2.75, 3.05) is 5.32 Å². The summed E-state index contributed by atoms with van der Waals surface area (Å²) in [5, 5.41) is 15.7. The van der Waals surface area contributed by atoms with Crippen molar-refractivity contribution in [3.05, 3.63) is 36.2 Å². The molecule has 2 fully saturated rings. The van der Waals surface area contributed by atoms with Crippen LogP contribution in [0.1, 0.15) is 49.3 Å². The summed E-state index contributed by atoms with van der Waals surface area (Å²) in [6.07, 6.45) is 11.8. The molecule has 2 aromatic heterocycles. The lowest BCUT2D eigenvalue weighted by Gasteiger charge is -2.21. The molecule has 148 valence electrons. The molecule has 2 aromatic rings. The number of anilines is 1. The third-order valence-corrected chi connectivity index (χ3v) is 5.62. The number of nitrogens with zero attached hydrogens (tertiary/aromatic N) is 3. The molecule has 1 aliphatic heterocycles. The minimum absolute atomic E-state index is 0.140. The summed E-state index contributed by atoms with van der Waals surface area (Å²) >= 11 is 0. The Morgan fingerprint density at radius 1 is 1.18 bits per heavy atom. The minimum Gasteiger partial charge on any atom is -0.390 e. The van der Waals surface area contributed by atoms with Gasteiger partial charge in [-0.2, -0.15) is 0 Å². The van der Waals surface area contributed by atoms with Crippen LogP contribution in [0.5, 0.6) is 0 Å². The largest absolute Gasteiger partial charge is 0.390 e. The lowest BCUT2D eigenvalue weighted by molar-refractivity contribution is -0.132. The van der Waals surface area contributed by atoms with Gasteiger partial charge in [-0.15, -0.1) is 0 Å². The SMILES string of the molecule is O=C(Nc1ncc(C2CCCCC2)cn1)C1C(=O)NC(Cc2cnc[nH]2)C1O. The highest BCUT2D eigenvalue weighted by Gasteiger charge is 2.45. The van der Waals surface area contributed by atoms with Crippen molar-refractivity contribution in [1.82, 2.24) is 25.3 Å². The molecule has 28 heavy (non-hydrogen) atoms. The quantitative estimate of drug-likeness (QED) is 0.566. The molecule has 0 bridgehead atoms. The average Bonchev–Trinajstić information content (AvgIpc) is 3.31. The van der Waals surface area contributed by atoms with Crippen molar-refractivity contribution < 1.29 is 14.7 Å². The number of carbonyl (C=O) groups is 2. The van der Waals surface area contributed by atoms with E-state index in [0.717, 1.165) is 24.1 Å². The van der Waals surface area contributed by atoms with Crippen LogP contribution in [0.4, 0.5) is 5.95 Å². The Balaban J connectivity index is 1.38. The molecule has 9 heteroatoms. The molecule has 0 radical (unpaired) electrons. The highest BCUT2D eigenvalue weighted by atomic mass is 16.3. The monoisotopic (exact) mass is 384 g/mol. The van der Waals surface area contributed by atoms with E-state index < -0.39 is 29.9 Å². The van der Waals surface area contributed by atoms with Crippen LogP contribution in [0, 0.1) is 5.92 Å². The molecule has 0 spiro atoms. The van der Waals surface area contributed by atoms with Gasteiger partial charge in [-0.3, -0.25) is 14.9 Å². The molecule has 9 nitrogen and oxygen atoms in total. The number of amides is 2. The predicted octanol–water partition coefficient (Wildman–Crippen LogP) is 0.904. The fraction of sp³-hybridized carbons (Fsp3) is 0.526. The van der Waals surface area contributed by atoms with Crippen LogP contribution in [-0.4, -0.2) is 49.0 Å². The molecule has 0 aromatic carbocycles. The number of nitrogens with one attached hydrogen (secondary N) is 3. The highest BCUT2D eigenvalue weighted by molar-refractivity contribution is 6.07. The summed E-state index contributed by atoms with van der Waals surface area (Å²) in [6.45, 7) is 0. The molecule has 3 atom stereocenters. The molecular formula is C19H24N6O3. The van der Waals surface area contributed by atoms with E-state index in [1.165, 1.54) is 25.6 Å². The Bertz CT molecular complexity index is 817. The minimum atomic E-state index is -1.20. The van der Waals surface area contributed by atoms with Crippen molar-refractivity contribution in [1.29, 1.82) is 0 Å². The summed E-state index contributed by atoms with van der Waals surface area (Å²) in [7, 11) is 0. The van der Waals surface area contributed by atoms with Crippen molar-refractivity contribution >= 4 is 17.8 Å². The van der Waals surface area contributed by atoms with Gasteiger partial charge in [0.05, 0.1) is 18.5 Å². The van der Waals surface area contributed by atoms with Crippen LogP contribution in [0.2, 0.25) is 0 Å². The van der Waals surface area contributed by atoms with Gasteiger partial charge in [-0.05, 0) is 24.3 Å². The smallest absolute Gasteiger partial charge is 0.242 e. The number of H-pyrrole nitrogens is 1. The van der Waals surface area contributed by atoms with Gasteiger partial charge in [-0.25, -0.2) is 15.0 Å². The highest BCUT2D eigenvalue weighted by Crippen LogP contribution is 2.32. The first kappa shape index (κ1) is 18.5. The second-order valence-corrected chi connectivity index (χ2v) is 7.53. The van der Waals surface area contributed by atoms with Crippen LogP contribution in [0.3, 0.4) is 0 Å². The first-order chi connectivity index (χ1) is 13.6. The number of aromatic amines is 1. The standard InChI is InChI=1S/C19H24N6O3/c26-16-14(6-13-9-20-10-23-13)24-17(27)15(16)18(28)25-19-21-7-12(8-22-19)11-4-2-1-3-5-11/h7-11,14-16,26H,1-6H2,(H,20,23)(H,24,27)(H,21,22,25,28). The molecule has 4 N–H and O–H groups in total. The normalized spacial score (nSPS) is 25.5. The van der Waals surface area contributed by atoms with Crippen molar-refractivity contribution in [3.63, 3.8) is 0 Å². The number of aliphatic hydroxyl groups is 1. The topological polar surface area (TPSA) is 133 Å². The molecule has 1 aliphatic carbocycles. The Morgan fingerprint density at radius 3 is 2.61 bits per heavy atom. The number of hydrogen-bond acceptors (Lipinski definition) is 6. The van der Waals surface area contributed by atoms with Gasteiger partial charge in [0.15, 0.2) is 0 Å². The zero-order valence-corrected chi connectivity index (χ0v) is 15.5. The van der Waals surface area contributed by atoms with Crippen molar-refractivity contribution in [3.8, 4) is 0 Å². The zero-order valence-electron chi connectivity index (χ0n) is 15.5. The van der Waals surface area contributed by atoms with Crippen LogP contribution in [-0.2, 0) is 16.0 Å². The summed E-state index contributed by atoms with van der Waals surface area (Å²) < 4.78 is 0. The van der Waals surface area contributed by atoms with Crippen molar-refractivity contribution in [2.24, 2.45) is 5.92 Å². The lowest BCUT2D eigenvalue weighted by atomic mass is 9.85. The van der Waals surface area contributed by atoms with E-state index in [-0.39, 0.29) is 5.95 Å². The third kappa shape index (κ3) is 3.89. The second-order valence-electron chi connectivity index (χ2n) is 7.53. The van der Waals surface area contributed by atoms with E-state index in [0.29, 0.717) is 12.3 Å². The van der Waals surface area contributed by atoms with Gasteiger partial charge in [0.2, 0.25) is 17.8 Å². The van der Waals surface area contributed by atoms with Gasteiger partial charge < -0.3 is 15.4 Å². The van der Waals surface area contributed by atoms with E-state index in [9.17, 15) is 14.7 Å². The van der Waals surface area contributed by atoms with E-state index in [2.05, 4.69) is 30.6 Å². The predicted molar refractivity (Wildman–Crippen MR) is 100 cm³/mol. The first-order valence-electron chi connectivity index (χ1n) is 9.70. The fourth-order valence-electron chi connectivity index (χ4n) is 4.06. The Hall–Kier alpha value is -2.81. The summed E-state index contributed by atoms with van der Waals surface area (Å²) in [4.78, 5) is 40.0.